The molecule has 2 N–H and O–H groups in total. The van der Waals surface area contributed by atoms with Crippen LogP contribution in [0.15, 0.2) is 43.1 Å². The van der Waals surface area contributed by atoms with Crippen LogP contribution in [0.1, 0.15) is 45.1 Å². The lowest BCUT2D eigenvalue weighted by Crippen LogP contribution is -2.57. The Morgan fingerprint density at radius 3 is 2.75 bits per heavy atom. The Bertz CT molecular complexity index is 835. The second-order valence-electron chi connectivity index (χ2n) is 7.82. The fourth-order valence-corrected chi connectivity index (χ4v) is 3.45. The zero-order valence-electron chi connectivity index (χ0n) is 16.8. The number of amides is 1. The molecule has 2 aromatic rings. The smallest absolute Gasteiger partial charge is 0.247 e. The molecule has 1 aliphatic rings. The van der Waals surface area contributed by atoms with E-state index in [-0.39, 0.29) is 11.4 Å². The minimum atomic E-state index is -0.344. The molecule has 1 unspecified atom stereocenters. The first kappa shape index (κ1) is 19.8. The van der Waals surface area contributed by atoms with E-state index in [0.29, 0.717) is 24.2 Å². The van der Waals surface area contributed by atoms with Gasteiger partial charge in [-0.15, -0.1) is 5.10 Å². The van der Waals surface area contributed by atoms with Crippen LogP contribution in [0.5, 0.6) is 0 Å². The highest BCUT2D eigenvalue weighted by molar-refractivity contribution is 5.87. The molecule has 1 fully saturated rings. The molecule has 7 heteroatoms. The molecule has 0 spiro atoms. The Hall–Kier alpha value is -2.96. The Kier molecular flexibility index (Phi) is 5.92. The van der Waals surface area contributed by atoms with Gasteiger partial charge in [-0.2, -0.15) is 10.1 Å². The van der Waals surface area contributed by atoms with Gasteiger partial charge in [0, 0.05) is 18.8 Å². The number of nitrogens with zero attached hydrogens (tertiary/aromatic N) is 4. The lowest BCUT2D eigenvalue weighted by atomic mass is 9.91. The van der Waals surface area contributed by atoms with Crippen LogP contribution in [-0.4, -0.2) is 39.7 Å². The van der Waals surface area contributed by atoms with Crippen molar-refractivity contribution in [1.82, 2.24) is 20.5 Å². The zero-order valence-corrected chi connectivity index (χ0v) is 16.8. The predicted octanol–water partition coefficient (Wildman–Crippen LogP) is 3.40. The highest BCUT2D eigenvalue weighted by Crippen LogP contribution is 2.25. The van der Waals surface area contributed by atoms with Gasteiger partial charge >= 0.3 is 0 Å². The van der Waals surface area contributed by atoms with E-state index in [1.54, 1.807) is 6.20 Å². The Labute approximate surface area is 166 Å². The topological polar surface area (TPSA) is 83.0 Å². The van der Waals surface area contributed by atoms with E-state index >= 15 is 0 Å². The number of rotatable bonds is 6. The predicted molar refractivity (Wildman–Crippen MR) is 112 cm³/mol. The Morgan fingerprint density at radius 1 is 1.32 bits per heavy atom. The molecule has 1 aromatic carbocycles. The third-order valence-corrected chi connectivity index (χ3v) is 4.99. The van der Waals surface area contributed by atoms with Gasteiger partial charge in [-0.05, 0) is 49.5 Å². The second-order valence-corrected chi connectivity index (χ2v) is 7.82. The Balaban J connectivity index is 1.71. The lowest BCUT2D eigenvalue weighted by Gasteiger charge is -2.40. The van der Waals surface area contributed by atoms with Gasteiger partial charge < -0.3 is 15.5 Å². The van der Waals surface area contributed by atoms with Crippen molar-refractivity contribution in [2.45, 2.75) is 45.1 Å². The van der Waals surface area contributed by atoms with Crippen molar-refractivity contribution >= 4 is 23.4 Å². The number of aromatic nitrogens is 3. The van der Waals surface area contributed by atoms with Crippen molar-refractivity contribution in [3.05, 3.63) is 48.7 Å². The average Bonchev–Trinajstić information content (AvgIpc) is 2.68. The largest absolute Gasteiger partial charge is 0.346 e. The minimum absolute atomic E-state index is 0.163. The van der Waals surface area contributed by atoms with Crippen molar-refractivity contribution in [3.63, 3.8) is 0 Å². The molecule has 0 radical (unpaired) electrons. The van der Waals surface area contributed by atoms with Crippen molar-refractivity contribution in [2.75, 3.05) is 23.3 Å². The SMILES string of the molecule is C=CC(=O)NC1(C)CCCN(c2nncc(Nc3ccc(C(C)C)cc3)n2)C1. The summed E-state index contributed by atoms with van der Waals surface area (Å²) < 4.78 is 0. The third kappa shape index (κ3) is 4.85. The quantitative estimate of drug-likeness (QED) is 0.748. The average molecular weight is 380 g/mol. The monoisotopic (exact) mass is 380 g/mol. The summed E-state index contributed by atoms with van der Waals surface area (Å²) in [7, 11) is 0. The van der Waals surface area contributed by atoms with E-state index in [9.17, 15) is 4.79 Å². The van der Waals surface area contributed by atoms with Crippen LogP contribution in [0.2, 0.25) is 0 Å². The highest BCUT2D eigenvalue weighted by Gasteiger charge is 2.33. The van der Waals surface area contributed by atoms with Crippen LogP contribution in [0.25, 0.3) is 0 Å². The molecule has 0 aliphatic carbocycles. The van der Waals surface area contributed by atoms with E-state index in [1.807, 2.05) is 19.1 Å². The fraction of sp³-hybridized carbons (Fsp3) is 0.429. The minimum Gasteiger partial charge on any atom is -0.346 e. The van der Waals surface area contributed by atoms with Gasteiger partial charge in [0.2, 0.25) is 11.9 Å². The number of piperidine rings is 1. The van der Waals surface area contributed by atoms with Gasteiger partial charge in [-0.3, -0.25) is 4.79 Å². The van der Waals surface area contributed by atoms with Gasteiger partial charge in [0.25, 0.3) is 0 Å². The summed E-state index contributed by atoms with van der Waals surface area (Å²) in [6.07, 6.45) is 4.75. The van der Waals surface area contributed by atoms with Crippen molar-refractivity contribution in [3.8, 4) is 0 Å². The zero-order chi connectivity index (χ0) is 20.1. The Morgan fingerprint density at radius 2 is 2.07 bits per heavy atom. The van der Waals surface area contributed by atoms with Crippen LogP contribution < -0.4 is 15.5 Å². The summed E-state index contributed by atoms with van der Waals surface area (Å²) >= 11 is 0. The first-order valence-corrected chi connectivity index (χ1v) is 9.65. The van der Waals surface area contributed by atoms with E-state index < -0.39 is 0 Å². The molecule has 1 aliphatic heterocycles. The number of carbonyl (C=O) groups excluding carboxylic acids is 1. The summed E-state index contributed by atoms with van der Waals surface area (Å²) in [4.78, 5) is 18.4. The van der Waals surface area contributed by atoms with Crippen molar-refractivity contribution in [2.24, 2.45) is 0 Å². The molecular weight excluding hydrogens is 352 g/mol. The molecule has 0 bridgehead atoms. The molecule has 0 saturated carbocycles. The van der Waals surface area contributed by atoms with Crippen LogP contribution in [0.3, 0.4) is 0 Å². The van der Waals surface area contributed by atoms with E-state index in [0.717, 1.165) is 25.1 Å². The maximum Gasteiger partial charge on any atom is 0.247 e. The maximum atomic E-state index is 11.8. The standard InChI is InChI=1S/C21H28N6O/c1-5-19(28)25-21(4)11-6-12-27(14-21)20-24-18(13-22-26-20)23-17-9-7-16(8-10-17)15(2)3/h5,7-10,13,15H,1,6,11-12,14H2,2-4H3,(H,25,28)(H,23,24,26). The molecule has 148 valence electrons. The van der Waals surface area contributed by atoms with Crippen LogP contribution >= 0.6 is 0 Å². The first-order chi connectivity index (χ1) is 13.4. The van der Waals surface area contributed by atoms with Crippen molar-refractivity contribution < 1.29 is 4.79 Å². The number of hydrogen-bond acceptors (Lipinski definition) is 6. The number of benzene rings is 1. The van der Waals surface area contributed by atoms with Gasteiger partial charge in [-0.1, -0.05) is 32.6 Å². The summed E-state index contributed by atoms with van der Waals surface area (Å²) in [5.41, 5.74) is 1.90. The molecule has 2 heterocycles. The summed E-state index contributed by atoms with van der Waals surface area (Å²) in [5.74, 6) is 1.53. The van der Waals surface area contributed by atoms with E-state index in [1.165, 1.54) is 11.6 Å². The maximum absolute atomic E-state index is 11.8. The van der Waals surface area contributed by atoms with Gasteiger partial charge in [0.15, 0.2) is 5.82 Å². The van der Waals surface area contributed by atoms with E-state index in [2.05, 4.69) is 63.3 Å². The molecule has 1 aromatic heterocycles. The molecule has 28 heavy (non-hydrogen) atoms. The summed E-state index contributed by atoms with van der Waals surface area (Å²) in [6, 6.07) is 8.31. The normalized spacial score (nSPS) is 19.4. The van der Waals surface area contributed by atoms with E-state index in [4.69, 9.17) is 0 Å². The van der Waals surface area contributed by atoms with Gasteiger partial charge in [0.1, 0.15) is 0 Å². The van der Waals surface area contributed by atoms with Crippen molar-refractivity contribution in [1.29, 1.82) is 0 Å². The molecule has 1 saturated heterocycles. The van der Waals surface area contributed by atoms with Gasteiger partial charge in [-0.25, -0.2) is 0 Å². The number of anilines is 3. The van der Waals surface area contributed by atoms with Crippen LogP contribution in [-0.2, 0) is 4.79 Å². The number of nitrogens with one attached hydrogen (secondary N) is 2. The lowest BCUT2D eigenvalue weighted by molar-refractivity contribution is -0.118. The molecular formula is C21H28N6O. The summed E-state index contributed by atoms with van der Waals surface area (Å²) in [5, 5.41) is 14.6. The summed E-state index contributed by atoms with van der Waals surface area (Å²) in [6.45, 7) is 11.4. The molecule has 1 amide bonds. The second kappa shape index (κ2) is 8.37. The highest BCUT2D eigenvalue weighted by atomic mass is 16.1. The third-order valence-electron chi connectivity index (χ3n) is 4.99. The first-order valence-electron chi connectivity index (χ1n) is 9.65. The molecule has 1 atom stereocenters. The van der Waals surface area contributed by atoms with Gasteiger partial charge in [0.05, 0.1) is 11.7 Å². The molecule has 3 rings (SSSR count). The van der Waals surface area contributed by atoms with Crippen LogP contribution in [0, 0.1) is 0 Å². The van der Waals surface area contributed by atoms with Crippen LogP contribution in [0.4, 0.5) is 17.5 Å². The fourth-order valence-electron chi connectivity index (χ4n) is 3.45. The number of hydrogen-bond donors (Lipinski definition) is 2. The molecule has 7 nitrogen and oxygen atoms in total. The number of carbonyl (C=O) groups is 1.